The van der Waals surface area contributed by atoms with Crippen LogP contribution in [0.15, 0.2) is 18.5 Å². The molecular formula is C18H26N6O3. The lowest BCUT2D eigenvalue weighted by molar-refractivity contribution is -0.127. The third-order valence-corrected chi connectivity index (χ3v) is 5.25. The van der Waals surface area contributed by atoms with Crippen LogP contribution in [0.5, 0.6) is 0 Å². The summed E-state index contributed by atoms with van der Waals surface area (Å²) in [4.78, 5) is 44.9. The molecule has 27 heavy (non-hydrogen) atoms. The molecule has 1 atom stereocenters. The van der Waals surface area contributed by atoms with Gasteiger partial charge in [0.2, 0.25) is 5.91 Å². The molecule has 1 spiro atoms. The quantitative estimate of drug-likeness (QED) is 0.735. The van der Waals surface area contributed by atoms with Gasteiger partial charge in [0, 0.05) is 65.2 Å². The minimum Gasteiger partial charge on any atom is -0.342 e. The number of carbonyl (C=O) groups is 3. The van der Waals surface area contributed by atoms with E-state index in [0.717, 1.165) is 0 Å². The summed E-state index contributed by atoms with van der Waals surface area (Å²) in [5.74, 6) is -0.0690. The number of hydrogen-bond acceptors (Lipinski definition) is 5. The van der Waals surface area contributed by atoms with Crippen molar-refractivity contribution in [2.45, 2.75) is 13.3 Å². The molecule has 0 bridgehead atoms. The van der Waals surface area contributed by atoms with E-state index in [9.17, 15) is 14.4 Å². The number of amides is 4. The number of likely N-dealkylation sites (tertiary alicyclic amines) is 1. The fraction of sp³-hybridized carbons (Fsp3) is 0.611. The molecule has 146 valence electrons. The molecule has 0 aliphatic carbocycles. The maximum Gasteiger partial charge on any atom is 0.319 e. The second-order valence-electron chi connectivity index (χ2n) is 7.54. The zero-order valence-electron chi connectivity index (χ0n) is 16.1. The van der Waals surface area contributed by atoms with Crippen molar-refractivity contribution in [1.29, 1.82) is 0 Å². The Kier molecular flexibility index (Phi) is 5.29. The molecule has 2 saturated heterocycles. The Balaban J connectivity index is 1.89. The van der Waals surface area contributed by atoms with Crippen LogP contribution in [-0.4, -0.2) is 101 Å². The fourth-order valence-electron chi connectivity index (χ4n) is 3.96. The third-order valence-electron chi connectivity index (χ3n) is 5.25. The van der Waals surface area contributed by atoms with Crippen molar-refractivity contribution < 1.29 is 14.4 Å². The lowest BCUT2D eigenvalue weighted by Gasteiger charge is -2.34. The SMILES string of the molecule is CCN1C[C@]2(CC1=O)CN(C(=O)c1ccnnc1)CCN(C(=O)N(C)C)C2. The number of urea groups is 1. The van der Waals surface area contributed by atoms with E-state index in [1.165, 1.54) is 17.3 Å². The first-order valence-corrected chi connectivity index (χ1v) is 9.15. The molecule has 0 saturated carbocycles. The van der Waals surface area contributed by atoms with Crippen molar-refractivity contribution in [3.8, 4) is 0 Å². The Morgan fingerprint density at radius 2 is 1.85 bits per heavy atom. The molecule has 1 aromatic rings. The smallest absolute Gasteiger partial charge is 0.319 e. The van der Waals surface area contributed by atoms with E-state index in [1.807, 2.05) is 6.92 Å². The zero-order valence-corrected chi connectivity index (χ0v) is 16.1. The third kappa shape index (κ3) is 3.86. The molecule has 4 amide bonds. The van der Waals surface area contributed by atoms with Gasteiger partial charge < -0.3 is 19.6 Å². The number of aromatic nitrogens is 2. The van der Waals surface area contributed by atoms with Gasteiger partial charge >= 0.3 is 6.03 Å². The van der Waals surface area contributed by atoms with Crippen molar-refractivity contribution in [1.82, 2.24) is 29.8 Å². The van der Waals surface area contributed by atoms with Crippen LogP contribution in [0.4, 0.5) is 4.79 Å². The Labute approximate surface area is 158 Å². The number of hydrogen-bond donors (Lipinski definition) is 0. The summed E-state index contributed by atoms with van der Waals surface area (Å²) < 4.78 is 0. The molecular weight excluding hydrogens is 348 g/mol. The fourth-order valence-corrected chi connectivity index (χ4v) is 3.96. The summed E-state index contributed by atoms with van der Waals surface area (Å²) in [6.45, 7) is 4.88. The predicted molar refractivity (Wildman–Crippen MR) is 97.9 cm³/mol. The summed E-state index contributed by atoms with van der Waals surface area (Å²) in [5, 5.41) is 7.50. The van der Waals surface area contributed by atoms with Gasteiger partial charge in [-0.05, 0) is 13.0 Å². The monoisotopic (exact) mass is 374 g/mol. The average molecular weight is 374 g/mol. The normalized spacial score (nSPS) is 22.9. The summed E-state index contributed by atoms with van der Waals surface area (Å²) in [6.07, 6.45) is 3.28. The maximum atomic E-state index is 13.0. The lowest BCUT2D eigenvalue weighted by Crippen LogP contribution is -2.47. The van der Waals surface area contributed by atoms with Crippen LogP contribution in [0.1, 0.15) is 23.7 Å². The van der Waals surface area contributed by atoms with Crippen molar-refractivity contribution in [2.24, 2.45) is 5.41 Å². The van der Waals surface area contributed by atoms with E-state index in [0.29, 0.717) is 51.3 Å². The van der Waals surface area contributed by atoms with Gasteiger partial charge in [0.15, 0.2) is 0 Å². The molecule has 0 radical (unpaired) electrons. The van der Waals surface area contributed by atoms with Gasteiger partial charge in [-0.15, -0.1) is 0 Å². The summed E-state index contributed by atoms with van der Waals surface area (Å²) in [7, 11) is 3.42. The number of carbonyl (C=O) groups excluding carboxylic acids is 3. The van der Waals surface area contributed by atoms with Gasteiger partial charge in [-0.1, -0.05) is 0 Å². The number of nitrogens with zero attached hydrogens (tertiary/aromatic N) is 6. The highest BCUT2D eigenvalue weighted by Crippen LogP contribution is 2.35. The molecule has 0 unspecified atom stereocenters. The van der Waals surface area contributed by atoms with Crippen LogP contribution in [-0.2, 0) is 4.79 Å². The van der Waals surface area contributed by atoms with Crippen molar-refractivity contribution in [2.75, 3.05) is 53.4 Å². The van der Waals surface area contributed by atoms with E-state index in [2.05, 4.69) is 10.2 Å². The molecule has 2 fully saturated rings. The van der Waals surface area contributed by atoms with Crippen LogP contribution in [0.3, 0.4) is 0 Å². The first-order valence-electron chi connectivity index (χ1n) is 9.15. The molecule has 0 aromatic carbocycles. The first-order chi connectivity index (χ1) is 12.8. The van der Waals surface area contributed by atoms with E-state index >= 15 is 0 Å². The van der Waals surface area contributed by atoms with Crippen LogP contribution < -0.4 is 0 Å². The maximum absolute atomic E-state index is 13.0. The largest absolute Gasteiger partial charge is 0.342 e. The molecule has 2 aliphatic heterocycles. The molecule has 9 nitrogen and oxygen atoms in total. The molecule has 2 aliphatic rings. The van der Waals surface area contributed by atoms with Crippen LogP contribution in [0.25, 0.3) is 0 Å². The summed E-state index contributed by atoms with van der Waals surface area (Å²) >= 11 is 0. The average Bonchev–Trinajstić information content (AvgIpc) is 2.86. The zero-order chi connectivity index (χ0) is 19.6. The summed E-state index contributed by atoms with van der Waals surface area (Å²) in [6, 6.07) is 1.53. The topological polar surface area (TPSA) is 90.0 Å². The molecule has 3 heterocycles. The molecule has 9 heteroatoms. The van der Waals surface area contributed by atoms with Crippen molar-refractivity contribution in [3.05, 3.63) is 24.0 Å². The second kappa shape index (κ2) is 7.50. The van der Waals surface area contributed by atoms with Crippen LogP contribution in [0, 0.1) is 5.41 Å². The van der Waals surface area contributed by atoms with Gasteiger partial charge in [0.25, 0.3) is 5.91 Å². The van der Waals surface area contributed by atoms with Gasteiger partial charge in [-0.3, -0.25) is 9.59 Å². The molecule has 3 rings (SSSR count). The van der Waals surface area contributed by atoms with Crippen molar-refractivity contribution >= 4 is 17.8 Å². The standard InChI is InChI=1S/C18H26N6O3/c1-4-22-11-18(9-15(22)25)12-23(16(26)14-5-6-19-20-10-14)7-8-24(13-18)17(27)21(2)3/h5-6,10H,4,7-9,11-13H2,1-3H3/t18-/m1/s1. The minimum absolute atomic E-state index is 0.0784. The van der Waals surface area contributed by atoms with Gasteiger partial charge in [0.05, 0.1) is 18.0 Å². The highest BCUT2D eigenvalue weighted by Gasteiger charge is 2.47. The van der Waals surface area contributed by atoms with E-state index in [-0.39, 0.29) is 17.8 Å². The Morgan fingerprint density at radius 3 is 2.44 bits per heavy atom. The highest BCUT2D eigenvalue weighted by molar-refractivity contribution is 5.94. The van der Waals surface area contributed by atoms with Crippen molar-refractivity contribution in [3.63, 3.8) is 0 Å². The minimum atomic E-state index is -0.453. The Hall–Kier alpha value is -2.71. The molecule has 1 aromatic heterocycles. The summed E-state index contributed by atoms with van der Waals surface area (Å²) in [5.41, 5.74) is 0.00924. The van der Waals surface area contributed by atoms with E-state index in [4.69, 9.17) is 0 Å². The van der Waals surface area contributed by atoms with Crippen LogP contribution in [0.2, 0.25) is 0 Å². The Morgan fingerprint density at radius 1 is 1.15 bits per heavy atom. The van der Waals surface area contributed by atoms with E-state index < -0.39 is 5.41 Å². The highest BCUT2D eigenvalue weighted by atomic mass is 16.2. The van der Waals surface area contributed by atoms with Gasteiger partial charge in [-0.2, -0.15) is 10.2 Å². The van der Waals surface area contributed by atoms with Crippen LogP contribution >= 0.6 is 0 Å². The number of rotatable bonds is 2. The second-order valence-corrected chi connectivity index (χ2v) is 7.54. The predicted octanol–water partition coefficient (Wildman–Crippen LogP) is 0.155. The van der Waals surface area contributed by atoms with Gasteiger partial charge in [0.1, 0.15) is 0 Å². The molecule has 0 N–H and O–H groups in total. The van der Waals surface area contributed by atoms with E-state index in [1.54, 1.807) is 34.9 Å². The lowest BCUT2D eigenvalue weighted by atomic mass is 9.86. The van der Waals surface area contributed by atoms with Gasteiger partial charge in [-0.25, -0.2) is 4.79 Å². The first kappa shape index (κ1) is 19.1. The Bertz CT molecular complexity index is 725.